The average molecular weight is 564 g/mol. The van der Waals surface area contributed by atoms with Gasteiger partial charge in [0.25, 0.3) is 8.32 Å². The van der Waals surface area contributed by atoms with E-state index in [0.29, 0.717) is 19.3 Å². The van der Waals surface area contributed by atoms with Gasteiger partial charge in [-0.15, -0.1) is 0 Å². The number of ether oxygens (including phenoxy) is 1. The minimum Gasteiger partial charge on any atom is -0.444 e. The molecule has 0 spiro atoms. The third kappa shape index (κ3) is 10.5. The van der Waals surface area contributed by atoms with Gasteiger partial charge in [-0.2, -0.15) is 0 Å². The smallest absolute Gasteiger partial charge is 0.407 e. The number of carbonyl (C=O) groups excluding carboxylic acids is 2. The van der Waals surface area contributed by atoms with Crippen LogP contribution in [0.4, 0.5) is 4.79 Å². The van der Waals surface area contributed by atoms with Crippen molar-refractivity contribution in [3.05, 3.63) is 85.5 Å². The molecule has 2 rings (SSSR count). The van der Waals surface area contributed by atoms with Crippen molar-refractivity contribution >= 4 is 30.6 Å². The fourth-order valence-electron chi connectivity index (χ4n) is 4.90. The van der Waals surface area contributed by atoms with E-state index in [0.717, 1.165) is 19.3 Å². The number of allylic oxidation sites excluding steroid dienone is 3. The molecule has 1 amide bonds. The largest absolute Gasteiger partial charge is 0.444 e. The van der Waals surface area contributed by atoms with Gasteiger partial charge in [-0.1, -0.05) is 106 Å². The van der Waals surface area contributed by atoms with E-state index in [9.17, 15) is 9.59 Å². The predicted molar refractivity (Wildman–Crippen MR) is 169 cm³/mol. The van der Waals surface area contributed by atoms with Gasteiger partial charge in [0, 0.05) is 12.8 Å². The molecule has 0 aromatic heterocycles. The Bertz CT molecular complexity index is 1040. The number of benzene rings is 2. The molecule has 2 aromatic carbocycles. The number of alkyl carbamates (subject to hydrolysis) is 1. The molecular formula is C34H49NO4Si. The summed E-state index contributed by atoms with van der Waals surface area (Å²) >= 11 is 0. The van der Waals surface area contributed by atoms with Crippen LogP contribution in [-0.4, -0.2) is 38.4 Å². The van der Waals surface area contributed by atoms with Crippen molar-refractivity contribution in [1.82, 2.24) is 5.32 Å². The highest BCUT2D eigenvalue weighted by Crippen LogP contribution is 2.37. The van der Waals surface area contributed by atoms with E-state index in [1.807, 2.05) is 39.0 Å². The molecule has 0 aliphatic carbocycles. The topological polar surface area (TPSA) is 64.6 Å². The molecule has 0 aliphatic rings. The Labute approximate surface area is 243 Å². The Morgan fingerprint density at radius 1 is 0.900 bits per heavy atom. The lowest BCUT2D eigenvalue weighted by molar-refractivity contribution is -0.119. The molecule has 0 saturated carbocycles. The molecule has 6 heteroatoms. The van der Waals surface area contributed by atoms with Gasteiger partial charge in [0.05, 0.1) is 12.6 Å². The van der Waals surface area contributed by atoms with Crippen molar-refractivity contribution in [3.8, 4) is 0 Å². The Balaban J connectivity index is 2.26. The molecule has 2 aromatic rings. The Kier molecular flexibility index (Phi) is 13.1. The Morgan fingerprint density at radius 3 is 1.98 bits per heavy atom. The molecule has 0 saturated heterocycles. The fourth-order valence-corrected chi connectivity index (χ4v) is 9.50. The summed E-state index contributed by atoms with van der Waals surface area (Å²) in [5.41, 5.74) is -0.622. The standard InChI is InChI=1S/C34H49NO4Si/c1-8-9-10-11-12-15-20-29(36)26-25-28(35-32(37)39-33(2,3)4)27-38-40(34(5,6)7,30-21-16-13-17-22-30)31-23-18-14-19-24-31/h8-10,13-14,16-19,21-24,28H,1,11-12,15,20,25-27H2,2-7H3,(H,35,37)/b10-9+/t28-/m0/s1. The monoisotopic (exact) mass is 563 g/mol. The first kappa shape index (κ1) is 33.2. The van der Waals surface area contributed by atoms with Crippen LogP contribution in [-0.2, 0) is 14.0 Å². The molecule has 0 radical (unpaired) electrons. The van der Waals surface area contributed by atoms with E-state index in [2.05, 4.69) is 87.3 Å². The minimum absolute atomic E-state index is 0.192. The maximum Gasteiger partial charge on any atom is 0.407 e. The van der Waals surface area contributed by atoms with Crippen LogP contribution in [0.3, 0.4) is 0 Å². The second-order valence-electron chi connectivity index (χ2n) is 12.3. The summed E-state index contributed by atoms with van der Waals surface area (Å²) in [5.74, 6) is 0.203. The summed E-state index contributed by atoms with van der Waals surface area (Å²) in [5, 5.41) is 5.16. The van der Waals surface area contributed by atoms with Gasteiger partial charge in [-0.3, -0.25) is 4.79 Å². The minimum atomic E-state index is -2.79. The molecule has 0 bridgehead atoms. The number of nitrogens with one attached hydrogen (secondary N) is 1. The van der Waals surface area contributed by atoms with E-state index in [4.69, 9.17) is 9.16 Å². The average Bonchev–Trinajstić information content (AvgIpc) is 2.89. The highest BCUT2D eigenvalue weighted by atomic mass is 28.4. The number of hydrogen-bond donors (Lipinski definition) is 1. The number of rotatable bonds is 15. The second kappa shape index (κ2) is 15.7. The van der Waals surface area contributed by atoms with Gasteiger partial charge in [0.2, 0.25) is 0 Å². The van der Waals surface area contributed by atoms with Crippen LogP contribution in [0.2, 0.25) is 5.04 Å². The first-order valence-corrected chi connectivity index (χ1v) is 16.3. The summed E-state index contributed by atoms with van der Waals surface area (Å²) in [6.07, 6.45) is 9.43. The molecule has 218 valence electrons. The van der Waals surface area contributed by atoms with Crippen LogP contribution in [0, 0.1) is 0 Å². The van der Waals surface area contributed by atoms with Crippen molar-refractivity contribution in [3.63, 3.8) is 0 Å². The number of amides is 1. The van der Waals surface area contributed by atoms with Crippen LogP contribution in [0.5, 0.6) is 0 Å². The van der Waals surface area contributed by atoms with Crippen molar-refractivity contribution < 1.29 is 18.8 Å². The maximum absolute atomic E-state index is 12.8. The van der Waals surface area contributed by atoms with Gasteiger partial charge in [-0.05, 0) is 61.9 Å². The summed E-state index contributed by atoms with van der Waals surface area (Å²) < 4.78 is 12.6. The molecule has 1 N–H and O–H groups in total. The zero-order valence-corrected chi connectivity index (χ0v) is 26.4. The van der Waals surface area contributed by atoms with Crippen LogP contribution in [0.15, 0.2) is 85.5 Å². The fraction of sp³-hybridized carbons (Fsp3) is 0.471. The van der Waals surface area contributed by atoms with E-state index in [1.165, 1.54) is 10.4 Å². The highest BCUT2D eigenvalue weighted by molar-refractivity contribution is 6.99. The van der Waals surface area contributed by atoms with Crippen LogP contribution < -0.4 is 15.7 Å². The molecule has 5 nitrogen and oxygen atoms in total. The lowest BCUT2D eigenvalue weighted by atomic mass is 10.0. The van der Waals surface area contributed by atoms with Gasteiger partial charge in [-0.25, -0.2) is 4.79 Å². The predicted octanol–water partition coefficient (Wildman–Crippen LogP) is 7.11. The zero-order valence-electron chi connectivity index (χ0n) is 25.4. The van der Waals surface area contributed by atoms with E-state index in [-0.39, 0.29) is 23.5 Å². The third-order valence-corrected chi connectivity index (χ3v) is 11.8. The first-order valence-electron chi connectivity index (χ1n) is 14.4. The van der Waals surface area contributed by atoms with Gasteiger partial charge < -0.3 is 14.5 Å². The van der Waals surface area contributed by atoms with Crippen LogP contribution in [0.1, 0.15) is 80.1 Å². The molecule has 40 heavy (non-hydrogen) atoms. The molecule has 1 atom stereocenters. The quantitative estimate of drug-likeness (QED) is 0.143. The van der Waals surface area contributed by atoms with Gasteiger partial charge >= 0.3 is 6.09 Å². The molecular weight excluding hydrogens is 514 g/mol. The van der Waals surface area contributed by atoms with Gasteiger partial charge in [0.1, 0.15) is 11.4 Å². The summed E-state index contributed by atoms with van der Waals surface area (Å²) in [6.45, 7) is 16.2. The third-order valence-electron chi connectivity index (χ3n) is 6.76. The number of ketones is 1. The normalized spacial score (nSPS) is 13.2. The number of carbonyl (C=O) groups is 2. The number of Topliss-reactive ketones (excluding diaryl/α,β-unsaturated/α-hetero) is 1. The molecule has 0 heterocycles. The summed E-state index contributed by atoms with van der Waals surface area (Å²) in [4.78, 5) is 25.5. The number of hydrogen-bond acceptors (Lipinski definition) is 4. The van der Waals surface area contributed by atoms with E-state index in [1.54, 1.807) is 6.08 Å². The van der Waals surface area contributed by atoms with E-state index < -0.39 is 20.0 Å². The van der Waals surface area contributed by atoms with Crippen molar-refractivity contribution in [2.24, 2.45) is 0 Å². The zero-order chi connectivity index (χ0) is 29.7. The molecule has 0 fully saturated rings. The van der Waals surface area contributed by atoms with Crippen molar-refractivity contribution in [2.45, 2.75) is 96.7 Å². The van der Waals surface area contributed by atoms with Crippen LogP contribution >= 0.6 is 0 Å². The van der Waals surface area contributed by atoms with Crippen molar-refractivity contribution in [2.75, 3.05) is 6.61 Å². The Morgan fingerprint density at radius 2 is 1.48 bits per heavy atom. The second-order valence-corrected chi connectivity index (χ2v) is 16.6. The highest BCUT2D eigenvalue weighted by Gasteiger charge is 2.50. The van der Waals surface area contributed by atoms with Crippen LogP contribution in [0.25, 0.3) is 0 Å². The van der Waals surface area contributed by atoms with E-state index >= 15 is 0 Å². The maximum atomic E-state index is 12.8. The lowest BCUT2D eigenvalue weighted by Gasteiger charge is -2.43. The Hall–Kier alpha value is -2.96. The first-order chi connectivity index (χ1) is 18.9. The SMILES string of the molecule is C=C/C=C/CCCCC(=O)CC[C@@H](CO[Si](c1ccccc1)(c1ccccc1)C(C)(C)C)NC(=O)OC(C)(C)C. The molecule has 0 unspecified atom stereocenters. The lowest BCUT2D eigenvalue weighted by Crippen LogP contribution is -2.67. The van der Waals surface area contributed by atoms with Gasteiger partial charge in [0.15, 0.2) is 0 Å². The summed E-state index contributed by atoms with van der Waals surface area (Å²) in [6, 6.07) is 20.5. The van der Waals surface area contributed by atoms with Crippen molar-refractivity contribution in [1.29, 1.82) is 0 Å². The summed E-state index contributed by atoms with van der Waals surface area (Å²) in [7, 11) is -2.79. The molecule has 0 aliphatic heterocycles. The number of unbranched alkanes of at least 4 members (excludes halogenated alkanes) is 2.